The van der Waals surface area contributed by atoms with Crippen LogP contribution < -0.4 is 0 Å². The molecule has 2 heteroatoms. The number of hydrogen-bond acceptors (Lipinski definition) is 2. The number of furan rings is 2. The van der Waals surface area contributed by atoms with E-state index in [4.69, 9.17) is 8.83 Å². The first-order valence-corrected chi connectivity index (χ1v) is 19.9. The van der Waals surface area contributed by atoms with E-state index < -0.39 is 0 Å². The molecule has 58 heavy (non-hydrogen) atoms. The van der Waals surface area contributed by atoms with Crippen molar-refractivity contribution in [2.75, 3.05) is 0 Å². The smallest absolute Gasteiger partial charge is 0.139 e. The molecule has 0 saturated heterocycles. The second kappa shape index (κ2) is 11.9. The molecule has 0 radical (unpaired) electrons. The SMILES string of the molecule is c1ccc2c(-c3c4ccccc4c(-c4ccc5cc(-c6ccc7c(c6)oc6cc8oc9ccc%10ccccc%10c9c8cc67)ccc5c4)c4ccccc34)cccc2c1. The summed E-state index contributed by atoms with van der Waals surface area (Å²) in [5.74, 6) is 0. The molecule has 0 atom stereocenters. The first-order valence-electron chi connectivity index (χ1n) is 19.9. The maximum atomic E-state index is 6.53. The van der Waals surface area contributed by atoms with Gasteiger partial charge in [-0.15, -0.1) is 0 Å². The molecule has 2 aromatic heterocycles. The zero-order valence-corrected chi connectivity index (χ0v) is 31.3. The van der Waals surface area contributed by atoms with Gasteiger partial charge in [-0.25, -0.2) is 0 Å². The predicted octanol–water partition coefficient (Wildman–Crippen LogP) is 16.3. The van der Waals surface area contributed by atoms with Gasteiger partial charge in [0, 0.05) is 27.6 Å². The molecule has 13 rings (SSSR count). The summed E-state index contributed by atoms with van der Waals surface area (Å²) in [4.78, 5) is 0. The van der Waals surface area contributed by atoms with E-state index in [1.807, 2.05) is 0 Å². The van der Waals surface area contributed by atoms with Crippen molar-refractivity contribution in [2.24, 2.45) is 0 Å². The van der Waals surface area contributed by atoms with Crippen LogP contribution in [0.1, 0.15) is 0 Å². The van der Waals surface area contributed by atoms with Gasteiger partial charge >= 0.3 is 0 Å². The molecule has 0 unspecified atom stereocenters. The lowest BCUT2D eigenvalue weighted by Gasteiger charge is -2.19. The van der Waals surface area contributed by atoms with E-state index in [2.05, 4.69) is 194 Å². The summed E-state index contributed by atoms with van der Waals surface area (Å²) in [5, 5.41) is 16.8. The molecule has 0 bridgehead atoms. The number of fused-ring (bicyclic) bond motifs is 12. The third kappa shape index (κ3) is 4.54. The molecule has 0 aliphatic carbocycles. The second-order valence-corrected chi connectivity index (χ2v) is 15.6. The fourth-order valence-corrected chi connectivity index (χ4v) is 9.75. The van der Waals surface area contributed by atoms with Crippen LogP contribution in [0.5, 0.6) is 0 Å². The topological polar surface area (TPSA) is 26.3 Å². The normalized spacial score (nSPS) is 12.1. The maximum absolute atomic E-state index is 6.53. The highest BCUT2D eigenvalue weighted by Crippen LogP contribution is 2.46. The minimum atomic E-state index is 0.833. The van der Waals surface area contributed by atoms with Crippen molar-refractivity contribution in [3.63, 3.8) is 0 Å². The minimum Gasteiger partial charge on any atom is -0.456 e. The van der Waals surface area contributed by atoms with Gasteiger partial charge in [-0.2, -0.15) is 0 Å². The average molecular weight is 737 g/mol. The standard InChI is InChI=1S/C56H32O2/c1-3-13-40-33(10-1)12-9-19-43(40)55-46-17-7-5-15-44(46)54(45-16-6-8-18-47(45)55)39-23-22-35-28-36(20-21-37(35)29-39)38-24-26-42-48-31-49-53(32-52(48)58-51(42)30-38)57-50-27-25-34-11-2-4-14-41(34)56(49)50/h1-32H. The van der Waals surface area contributed by atoms with Crippen LogP contribution in [-0.4, -0.2) is 0 Å². The van der Waals surface area contributed by atoms with Crippen LogP contribution in [0.25, 0.3) is 131 Å². The summed E-state index contributed by atoms with van der Waals surface area (Å²) in [6, 6.07) is 70.5. The number of benzene rings is 11. The molecule has 11 aromatic carbocycles. The highest BCUT2D eigenvalue weighted by atomic mass is 16.3. The first kappa shape index (κ1) is 31.5. The monoisotopic (exact) mass is 736 g/mol. The molecule has 0 aliphatic rings. The van der Waals surface area contributed by atoms with Gasteiger partial charge in [0.15, 0.2) is 0 Å². The van der Waals surface area contributed by atoms with Crippen molar-refractivity contribution < 1.29 is 8.83 Å². The average Bonchev–Trinajstić information content (AvgIpc) is 3.83. The Balaban J connectivity index is 0.925. The third-order valence-electron chi connectivity index (χ3n) is 12.4. The zero-order chi connectivity index (χ0) is 37.9. The van der Waals surface area contributed by atoms with Crippen LogP contribution in [0.3, 0.4) is 0 Å². The Hall–Kier alpha value is -7.68. The van der Waals surface area contributed by atoms with Crippen LogP contribution in [0.2, 0.25) is 0 Å². The highest BCUT2D eigenvalue weighted by Gasteiger charge is 2.19. The fraction of sp³-hybridized carbons (Fsp3) is 0. The fourth-order valence-electron chi connectivity index (χ4n) is 9.75. The van der Waals surface area contributed by atoms with Crippen molar-refractivity contribution in [2.45, 2.75) is 0 Å². The predicted molar refractivity (Wildman–Crippen MR) is 245 cm³/mol. The Bertz CT molecular complexity index is 3800. The minimum absolute atomic E-state index is 0.833. The highest BCUT2D eigenvalue weighted by molar-refractivity contribution is 6.25. The van der Waals surface area contributed by atoms with Gasteiger partial charge in [0.2, 0.25) is 0 Å². The van der Waals surface area contributed by atoms with Crippen LogP contribution in [0.4, 0.5) is 0 Å². The van der Waals surface area contributed by atoms with E-state index in [9.17, 15) is 0 Å². The lowest BCUT2D eigenvalue weighted by Crippen LogP contribution is -1.91. The van der Waals surface area contributed by atoms with Crippen molar-refractivity contribution in [3.8, 4) is 33.4 Å². The molecular formula is C56H32O2. The molecule has 2 heterocycles. The Kier molecular flexibility index (Phi) is 6.47. The van der Waals surface area contributed by atoms with Gasteiger partial charge < -0.3 is 8.83 Å². The number of hydrogen-bond donors (Lipinski definition) is 0. The molecule has 13 aromatic rings. The first-order chi connectivity index (χ1) is 28.7. The van der Waals surface area contributed by atoms with Crippen LogP contribution in [-0.2, 0) is 0 Å². The molecule has 2 nitrogen and oxygen atoms in total. The summed E-state index contributed by atoms with van der Waals surface area (Å²) in [6.45, 7) is 0. The van der Waals surface area contributed by atoms with E-state index in [-0.39, 0.29) is 0 Å². The Morgan fingerprint density at radius 2 is 0.759 bits per heavy atom. The molecule has 0 aliphatic heterocycles. The molecular weight excluding hydrogens is 705 g/mol. The molecule has 0 fully saturated rings. The summed E-state index contributed by atoms with van der Waals surface area (Å²) in [6.07, 6.45) is 0. The molecule has 0 N–H and O–H groups in total. The molecule has 0 saturated carbocycles. The molecule has 0 spiro atoms. The number of rotatable bonds is 3. The van der Waals surface area contributed by atoms with Crippen LogP contribution >= 0.6 is 0 Å². The van der Waals surface area contributed by atoms with E-state index in [0.717, 1.165) is 55.0 Å². The Morgan fingerprint density at radius 1 is 0.241 bits per heavy atom. The van der Waals surface area contributed by atoms with Gasteiger partial charge in [-0.3, -0.25) is 0 Å². The molecule has 0 amide bonds. The zero-order valence-electron chi connectivity index (χ0n) is 31.3. The summed E-state index contributed by atoms with van der Waals surface area (Å²) < 4.78 is 12.9. The third-order valence-corrected chi connectivity index (χ3v) is 12.4. The van der Waals surface area contributed by atoms with E-state index in [1.54, 1.807) is 0 Å². The van der Waals surface area contributed by atoms with Crippen LogP contribution in [0, 0.1) is 0 Å². The van der Waals surface area contributed by atoms with Gasteiger partial charge in [-0.1, -0.05) is 152 Å². The van der Waals surface area contributed by atoms with Crippen LogP contribution in [0.15, 0.2) is 203 Å². The Morgan fingerprint density at radius 3 is 1.52 bits per heavy atom. The lowest BCUT2D eigenvalue weighted by atomic mass is 9.84. The molecule has 268 valence electrons. The van der Waals surface area contributed by atoms with Gasteiger partial charge in [-0.05, 0) is 124 Å². The second-order valence-electron chi connectivity index (χ2n) is 15.6. The van der Waals surface area contributed by atoms with Crippen molar-refractivity contribution >= 4 is 97.7 Å². The quantitative estimate of drug-likeness (QED) is 0.169. The Labute approximate surface area is 332 Å². The van der Waals surface area contributed by atoms with E-state index in [0.29, 0.717) is 0 Å². The maximum Gasteiger partial charge on any atom is 0.139 e. The summed E-state index contributed by atoms with van der Waals surface area (Å²) >= 11 is 0. The van der Waals surface area contributed by atoms with Gasteiger partial charge in [0.05, 0.1) is 0 Å². The van der Waals surface area contributed by atoms with Gasteiger partial charge in [0.1, 0.15) is 22.3 Å². The lowest BCUT2D eigenvalue weighted by molar-refractivity contribution is 0.656. The van der Waals surface area contributed by atoms with E-state index in [1.165, 1.54) is 76.1 Å². The summed E-state index contributed by atoms with van der Waals surface area (Å²) in [7, 11) is 0. The van der Waals surface area contributed by atoms with Crippen molar-refractivity contribution in [3.05, 3.63) is 194 Å². The van der Waals surface area contributed by atoms with E-state index >= 15 is 0 Å². The largest absolute Gasteiger partial charge is 0.456 e. The summed E-state index contributed by atoms with van der Waals surface area (Å²) in [5.41, 5.74) is 10.8. The van der Waals surface area contributed by atoms with Crippen molar-refractivity contribution in [1.29, 1.82) is 0 Å². The van der Waals surface area contributed by atoms with Crippen molar-refractivity contribution in [1.82, 2.24) is 0 Å². The van der Waals surface area contributed by atoms with Gasteiger partial charge in [0.25, 0.3) is 0 Å².